The van der Waals surface area contributed by atoms with Crippen molar-refractivity contribution in [3.8, 4) is 0 Å². The van der Waals surface area contributed by atoms with Crippen molar-refractivity contribution in [2.75, 3.05) is 6.54 Å². The number of nitrogens with two attached hydrogens (primary N) is 1. The van der Waals surface area contributed by atoms with Gasteiger partial charge in [0.1, 0.15) is 0 Å². The summed E-state index contributed by atoms with van der Waals surface area (Å²) in [5, 5.41) is 2.93. The van der Waals surface area contributed by atoms with Crippen LogP contribution in [0.1, 0.15) is 29.3 Å². The van der Waals surface area contributed by atoms with Gasteiger partial charge < -0.3 is 11.1 Å². The zero-order valence-electron chi connectivity index (χ0n) is 9.59. The minimum atomic E-state index is -0.0367. The Balaban J connectivity index is 2.84. The van der Waals surface area contributed by atoms with Crippen LogP contribution in [0.15, 0.2) is 18.2 Å². The lowest BCUT2D eigenvalue weighted by molar-refractivity contribution is 0.0936. The Morgan fingerprint density at radius 1 is 1.56 bits per heavy atom. The van der Waals surface area contributed by atoms with E-state index in [2.05, 4.69) is 27.9 Å². The molecule has 1 atom stereocenters. The van der Waals surface area contributed by atoms with E-state index in [1.165, 1.54) is 0 Å². The molecule has 88 valence electrons. The van der Waals surface area contributed by atoms with E-state index in [9.17, 15) is 4.79 Å². The number of aryl methyl sites for hydroxylation is 1. The van der Waals surface area contributed by atoms with Crippen molar-refractivity contribution in [1.29, 1.82) is 0 Å². The molecular weight excluding hydrogens is 315 g/mol. The maximum atomic E-state index is 12.0. The minimum Gasteiger partial charge on any atom is -0.348 e. The lowest BCUT2D eigenvalue weighted by Gasteiger charge is -2.15. The third-order valence-corrected chi connectivity index (χ3v) is 3.98. The van der Waals surface area contributed by atoms with Gasteiger partial charge in [0.25, 0.3) is 5.91 Å². The van der Waals surface area contributed by atoms with E-state index in [1.54, 1.807) is 0 Å². The van der Waals surface area contributed by atoms with Crippen molar-refractivity contribution in [3.05, 3.63) is 32.9 Å². The smallest absolute Gasteiger partial charge is 0.252 e. The third kappa shape index (κ3) is 3.18. The third-order valence-electron chi connectivity index (χ3n) is 2.55. The molecule has 3 N–H and O–H groups in total. The van der Waals surface area contributed by atoms with Crippen LogP contribution >= 0.6 is 22.6 Å². The van der Waals surface area contributed by atoms with Crippen LogP contribution in [0.2, 0.25) is 0 Å². The number of rotatable bonds is 4. The molecule has 16 heavy (non-hydrogen) atoms. The summed E-state index contributed by atoms with van der Waals surface area (Å²) in [5.41, 5.74) is 7.41. The molecule has 1 aromatic rings. The van der Waals surface area contributed by atoms with Gasteiger partial charge >= 0.3 is 0 Å². The first kappa shape index (κ1) is 13.4. The van der Waals surface area contributed by atoms with Crippen molar-refractivity contribution >= 4 is 28.5 Å². The summed E-state index contributed by atoms with van der Waals surface area (Å²) in [6.45, 7) is 4.49. The Hall–Kier alpha value is -0.620. The molecule has 1 aromatic carbocycles. The second kappa shape index (κ2) is 6.20. The van der Waals surface area contributed by atoms with E-state index in [0.717, 1.165) is 21.1 Å². The molecule has 0 spiro atoms. The first-order valence-corrected chi connectivity index (χ1v) is 6.44. The standard InChI is InChI=1S/C12H17IN2O/c1-3-9(7-14)15-12(16)10-6-4-5-8(2)11(10)13/h4-6,9H,3,7,14H2,1-2H3,(H,15,16). The normalized spacial score (nSPS) is 12.2. The molecule has 1 rings (SSSR count). The second-order valence-electron chi connectivity index (χ2n) is 3.75. The summed E-state index contributed by atoms with van der Waals surface area (Å²) in [5.74, 6) is -0.0367. The fourth-order valence-corrected chi connectivity index (χ4v) is 2.02. The number of benzene rings is 1. The van der Waals surface area contributed by atoms with Crippen LogP contribution in [0.3, 0.4) is 0 Å². The Labute approximate surface area is 110 Å². The maximum Gasteiger partial charge on any atom is 0.252 e. The highest BCUT2D eigenvalue weighted by Gasteiger charge is 2.14. The van der Waals surface area contributed by atoms with Gasteiger partial charge in [-0.1, -0.05) is 19.1 Å². The van der Waals surface area contributed by atoms with Gasteiger partial charge in [0.05, 0.1) is 5.56 Å². The van der Waals surface area contributed by atoms with E-state index in [4.69, 9.17) is 5.73 Å². The topological polar surface area (TPSA) is 55.1 Å². The zero-order chi connectivity index (χ0) is 12.1. The van der Waals surface area contributed by atoms with Crippen LogP contribution < -0.4 is 11.1 Å². The van der Waals surface area contributed by atoms with E-state index in [-0.39, 0.29) is 11.9 Å². The average Bonchev–Trinajstić information content (AvgIpc) is 2.29. The maximum absolute atomic E-state index is 12.0. The predicted molar refractivity (Wildman–Crippen MR) is 74.5 cm³/mol. The highest BCUT2D eigenvalue weighted by molar-refractivity contribution is 14.1. The van der Waals surface area contributed by atoms with Crippen LogP contribution in [0.5, 0.6) is 0 Å². The van der Waals surface area contributed by atoms with E-state index in [0.29, 0.717) is 6.54 Å². The van der Waals surface area contributed by atoms with Gasteiger partial charge in [-0.3, -0.25) is 4.79 Å². The molecule has 0 heterocycles. The monoisotopic (exact) mass is 332 g/mol. The Morgan fingerprint density at radius 2 is 2.25 bits per heavy atom. The lowest BCUT2D eigenvalue weighted by Crippen LogP contribution is -2.39. The zero-order valence-corrected chi connectivity index (χ0v) is 11.7. The Morgan fingerprint density at radius 3 is 2.81 bits per heavy atom. The molecule has 0 bridgehead atoms. The summed E-state index contributed by atoms with van der Waals surface area (Å²) >= 11 is 2.20. The van der Waals surface area contributed by atoms with Gasteiger partial charge in [-0.15, -0.1) is 0 Å². The van der Waals surface area contributed by atoms with Crippen molar-refractivity contribution in [3.63, 3.8) is 0 Å². The largest absolute Gasteiger partial charge is 0.348 e. The first-order valence-electron chi connectivity index (χ1n) is 5.36. The van der Waals surface area contributed by atoms with Gasteiger partial charge in [-0.2, -0.15) is 0 Å². The van der Waals surface area contributed by atoms with Crippen molar-refractivity contribution in [1.82, 2.24) is 5.32 Å². The molecule has 0 saturated heterocycles. The fourth-order valence-electron chi connectivity index (χ4n) is 1.41. The molecule has 4 heteroatoms. The summed E-state index contributed by atoms with van der Waals surface area (Å²) in [7, 11) is 0. The second-order valence-corrected chi connectivity index (χ2v) is 4.83. The summed E-state index contributed by atoms with van der Waals surface area (Å²) in [4.78, 5) is 12.0. The quantitative estimate of drug-likeness (QED) is 0.830. The number of amides is 1. The molecule has 0 aromatic heterocycles. The highest BCUT2D eigenvalue weighted by Crippen LogP contribution is 2.16. The number of nitrogens with one attached hydrogen (secondary N) is 1. The molecule has 0 saturated carbocycles. The molecule has 0 aliphatic heterocycles. The molecule has 0 radical (unpaired) electrons. The van der Waals surface area contributed by atoms with Gasteiger partial charge in [0, 0.05) is 16.2 Å². The molecule has 1 unspecified atom stereocenters. The van der Waals surface area contributed by atoms with Gasteiger partial charge in [0.2, 0.25) is 0 Å². The number of hydrogen-bond acceptors (Lipinski definition) is 2. The number of carbonyl (C=O) groups excluding carboxylic acids is 1. The number of carbonyl (C=O) groups is 1. The molecular formula is C12H17IN2O. The van der Waals surface area contributed by atoms with E-state index >= 15 is 0 Å². The molecule has 1 amide bonds. The molecule has 0 aliphatic carbocycles. The fraction of sp³-hybridized carbons (Fsp3) is 0.417. The highest BCUT2D eigenvalue weighted by atomic mass is 127. The van der Waals surface area contributed by atoms with E-state index < -0.39 is 0 Å². The van der Waals surface area contributed by atoms with Crippen molar-refractivity contribution in [2.45, 2.75) is 26.3 Å². The summed E-state index contributed by atoms with van der Waals surface area (Å²) in [6, 6.07) is 5.80. The lowest BCUT2D eigenvalue weighted by atomic mass is 10.1. The van der Waals surface area contributed by atoms with E-state index in [1.807, 2.05) is 32.0 Å². The van der Waals surface area contributed by atoms with Crippen molar-refractivity contribution in [2.24, 2.45) is 5.73 Å². The average molecular weight is 332 g/mol. The van der Waals surface area contributed by atoms with Crippen LogP contribution in [0, 0.1) is 10.5 Å². The minimum absolute atomic E-state index is 0.0367. The van der Waals surface area contributed by atoms with Gasteiger partial charge in [-0.05, 0) is 47.6 Å². The Kier molecular flexibility index (Phi) is 5.21. The predicted octanol–water partition coefficient (Wildman–Crippen LogP) is 2.07. The summed E-state index contributed by atoms with van der Waals surface area (Å²) < 4.78 is 1.00. The summed E-state index contributed by atoms with van der Waals surface area (Å²) in [6.07, 6.45) is 0.852. The van der Waals surface area contributed by atoms with Crippen LogP contribution in [-0.4, -0.2) is 18.5 Å². The molecule has 3 nitrogen and oxygen atoms in total. The van der Waals surface area contributed by atoms with Gasteiger partial charge in [-0.25, -0.2) is 0 Å². The van der Waals surface area contributed by atoms with Crippen LogP contribution in [-0.2, 0) is 0 Å². The Bertz CT molecular complexity index is 375. The SMILES string of the molecule is CCC(CN)NC(=O)c1cccc(C)c1I. The van der Waals surface area contributed by atoms with Crippen molar-refractivity contribution < 1.29 is 4.79 Å². The first-order chi connectivity index (χ1) is 7.60. The number of hydrogen-bond donors (Lipinski definition) is 2. The van der Waals surface area contributed by atoms with Crippen LogP contribution in [0.4, 0.5) is 0 Å². The molecule has 0 aliphatic rings. The van der Waals surface area contributed by atoms with Crippen LogP contribution in [0.25, 0.3) is 0 Å². The van der Waals surface area contributed by atoms with Gasteiger partial charge in [0.15, 0.2) is 0 Å². The number of halogens is 1. The molecule has 0 fully saturated rings.